The fraction of sp³-hybridized carbons (Fsp3) is 0.250. The van der Waals surface area contributed by atoms with E-state index in [1.165, 1.54) is 0 Å². The third-order valence-corrected chi connectivity index (χ3v) is 8.51. The number of nitriles is 1. The molecule has 2 aliphatic rings. The van der Waals surface area contributed by atoms with E-state index >= 15 is 0 Å². The number of halogens is 2. The largest absolute Gasteiger partial charge is 0.489 e. The number of nitrogens with zero attached hydrogens (tertiary/aromatic N) is 2. The second-order valence-electron chi connectivity index (χ2n) is 10.1. The van der Waals surface area contributed by atoms with Crippen LogP contribution in [0.1, 0.15) is 53.0 Å². The Morgan fingerprint density at radius 1 is 1.05 bits per heavy atom. The number of Topliss-reactive ketones (excluding diaryl/α,β-unsaturated/α-hetero) is 1. The molecule has 7 heteroatoms. The van der Waals surface area contributed by atoms with E-state index in [4.69, 9.17) is 22.1 Å². The average Bonchev–Trinajstić information content (AvgIpc) is 2.89. The van der Waals surface area contributed by atoms with Crippen LogP contribution in [-0.2, 0) is 11.4 Å². The van der Waals surface area contributed by atoms with Crippen LogP contribution in [0.25, 0.3) is 0 Å². The second-order valence-corrected chi connectivity index (χ2v) is 11.8. The molecular weight excluding hydrogens is 621 g/mol. The van der Waals surface area contributed by atoms with E-state index < -0.39 is 5.92 Å². The van der Waals surface area contributed by atoms with Gasteiger partial charge in [0.1, 0.15) is 18.2 Å². The summed E-state index contributed by atoms with van der Waals surface area (Å²) in [5.74, 6) is 0.703. The molecule has 3 aromatic carbocycles. The number of carbonyl (C=O) groups is 1. The smallest absolute Gasteiger partial charge is 0.161 e. The van der Waals surface area contributed by atoms with Gasteiger partial charge in [-0.05, 0) is 126 Å². The molecule has 5 rings (SSSR count). The van der Waals surface area contributed by atoms with Crippen molar-refractivity contribution in [3.8, 4) is 11.8 Å². The van der Waals surface area contributed by atoms with Crippen molar-refractivity contribution in [2.75, 3.05) is 4.90 Å². The summed E-state index contributed by atoms with van der Waals surface area (Å²) in [6.45, 7) is 6.39. The zero-order chi connectivity index (χ0) is 27.8. The first-order chi connectivity index (χ1) is 18.7. The van der Waals surface area contributed by atoms with Gasteiger partial charge in [0.25, 0.3) is 0 Å². The van der Waals surface area contributed by atoms with Crippen LogP contribution < -0.4 is 15.4 Å². The highest BCUT2D eigenvalue weighted by Gasteiger charge is 2.41. The Bertz CT molecular complexity index is 1580. The quantitative estimate of drug-likeness (QED) is 0.286. The predicted molar refractivity (Wildman–Crippen MR) is 164 cm³/mol. The van der Waals surface area contributed by atoms with Gasteiger partial charge >= 0.3 is 0 Å². The maximum atomic E-state index is 13.6. The minimum Gasteiger partial charge on any atom is -0.489 e. The summed E-state index contributed by atoms with van der Waals surface area (Å²) >= 11 is 8.38. The summed E-state index contributed by atoms with van der Waals surface area (Å²) in [6, 6.07) is 20.1. The molecule has 39 heavy (non-hydrogen) atoms. The van der Waals surface area contributed by atoms with Crippen molar-refractivity contribution in [1.29, 1.82) is 5.26 Å². The minimum atomic E-state index is -0.519. The lowest BCUT2D eigenvalue weighted by atomic mass is 9.74. The van der Waals surface area contributed by atoms with Crippen molar-refractivity contribution in [3.63, 3.8) is 0 Å². The summed E-state index contributed by atoms with van der Waals surface area (Å²) in [5.41, 5.74) is 14.5. The Kier molecular flexibility index (Phi) is 7.75. The molecule has 1 heterocycles. The van der Waals surface area contributed by atoms with Gasteiger partial charge in [0.2, 0.25) is 0 Å². The molecule has 0 saturated carbocycles. The van der Waals surface area contributed by atoms with Gasteiger partial charge in [-0.1, -0.05) is 23.7 Å². The first-order valence-corrected chi connectivity index (χ1v) is 14.4. The minimum absolute atomic E-state index is 0.0755. The highest BCUT2D eigenvalue weighted by atomic mass is 127. The van der Waals surface area contributed by atoms with Crippen LogP contribution in [0.4, 0.5) is 5.69 Å². The van der Waals surface area contributed by atoms with E-state index in [9.17, 15) is 10.1 Å². The van der Waals surface area contributed by atoms with Gasteiger partial charge in [0, 0.05) is 32.0 Å². The lowest BCUT2D eigenvalue weighted by Crippen LogP contribution is -2.39. The van der Waals surface area contributed by atoms with Gasteiger partial charge in [-0.15, -0.1) is 0 Å². The van der Waals surface area contributed by atoms with Crippen LogP contribution in [0, 0.1) is 35.7 Å². The number of aryl methyl sites for hydroxylation is 3. The molecule has 0 saturated heterocycles. The number of hydrogen-bond donors (Lipinski definition) is 1. The van der Waals surface area contributed by atoms with Crippen LogP contribution in [0.3, 0.4) is 0 Å². The molecule has 0 aromatic heterocycles. The monoisotopic (exact) mass is 649 g/mol. The molecule has 5 nitrogen and oxygen atoms in total. The molecule has 3 aromatic rings. The van der Waals surface area contributed by atoms with Crippen molar-refractivity contribution in [2.24, 2.45) is 5.73 Å². The predicted octanol–water partition coefficient (Wildman–Crippen LogP) is 7.75. The number of benzene rings is 3. The maximum Gasteiger partial charge on any atom is 0.161 e. The molecule has 0 fully saturated rings. The van der Waals surface area contributed by atoms with E-state index in [-0.39, 0.29) is 5.78 Å². The van der Waals surface area contributed by atoms with Crippen LogP contribution in [0.15, 0.2) is 77.3 Å². The summed E-state index contributed by atoms with van der Waals surface area (Å²) < 4.78 is 7.28. The van der Waals surface area contributed by atoms with Gasteiger partial charge in [-0.25, -0.2) is 0 Å². The Morgan fingerprint density at radius 3 is 2.49 bits per heavy atom. The van der Waals surface area contributed by atoms with E-state index in [1.54, 1.807) is 0 Å². The Hall–Kier alpha value is -3.28. The van der Waals surface area contributed by atoms with Gasteiger partial charge < -0.3 is 10.5 Å². The molecule has 0 spiro atoms. The lowest BCUT2D eigenvalue weighted by molar-refractivity contribution is -0.116. The molecule has 0 amide bonds. The van der Waals surface area contributed by atoms with E-state index in [0.29, 0.717) is 35.0 Å². The Morgan fingerprint density at radius 2 is 1.79 bits per heavy atom. The highest BCUT2D eigenvalue weighted by molar-refractivity contribution is 14.1. The number of nitrogens with two attached hydrogens (primary N) is 1. The van der Waals surface area contributed by atoms with Gasteiger partial charge in [0.15, 0.2) is 5.78 Å². The topological polar surface area (TPSA) is 79.4 Å². The third kappa shape index (κ3) is 5.18. The summed E-state index contributed by atoms with van der Waals surface area (Å²) in [4.78, 5) is 15.5. The van der Waals surface area contributed by atoms with Gasteiger partial charge in [-0.3, -0.25) is 9.69 Å². The number of rotatable bonds is 5. The number of ketones is 1. The lowest BCUT2D eigenvalue weighted by Gasteiger charge is -2.40. The zero-order valence-electron chi connectivity index (χ0n) is 22.1. The normalized spacial score (nSPS) is 17.3. The Balaban J connectivity index is 1.61. The number of anilines is 1. The number of carbonyl (C=O) groups excluding carboxylic acids is 1. The second kappa shape index (κ2) is 11.1. The maximum absolute atomic E-state index is 13.6. The van der Waals surface area contributed by atoms with Gasteiger partial charge in [0.05, 0.1) is 17.6 Å². The van der Waals surface area contributed by atoms with Crippen LogP contribution in [0.5, 0.6) is 5.75 Å². The van der Waals surface area contributed by atoms with E-state index in [0.717, 1.165) is 61.4 Å². The van der Waals surface area contributed by atoms with Crippen molar-refractivity contribution < 1.29 is 9.53 Å². The van der Waals surface area contributed by atoms with Crippen LogP contribution in [0.2, 0.25) is 5.02 Å². The molecule has 198 valence electrons. The number of allylic oxidation sites excluding steroid dienone is 3. The van der Waals surface area contributed by atoms with Crippen LogP contribution in [-0.4, -0.2) is 5.78 Å². The molecule has 1 aliphatic heterocycles. The Labute approximate surface area is 248 Å². The molecule has 0 bridgehead atoms. The SMILES string of the molecule is Cc1cc(C)c(C2C(C#N)=C(N)N(c3ccc(I)cc3)C3=C2C(=O)CCC3)cc1COc1ccc(Cl)cc1C. The standard InChI is InChI=1S/C32H29ClIN3O2/c1-18-13-19(2)25(15-21(18)17-39-29-12-7-22(33)14-20(29)3)30-26(16-35)32(36)37(24-10-8-23(34)9-11-24)27-5-4-6-28(38)31(27)30/h7-15,30H,4-6,17,36H2,1-3H3. The molecule has 0 radical (unpaired) electrons. The molecule has 1 unspecified atom stereocenters. The van der Waals surface area contributed by atoms with Crippen molar-refractivity contribution >= 4 is 45.7 Å². The van der Waals surface area contributed by atoms with Crippen molar-refractivity contribution in [2.45, 2.75) is 52.6 Å². The van der Waals surface area contributed by atoms with Crippen LogP contribution >= 0.6 is 34.2 Å². The molecular formula is C32H29ClIN3O2. The van der Waals surface area contributed by atoms with Crippen molar-refractivity contribution in [1.82, 2.24) is 0 Å². The third-order valence-electron chi connectivity index (χ3n) is 7.55. The number of hydrogen-bond acceptors (Lipinski definition) is 5. The van der Waals surface area contributed by atoms with E-state index in [1.807, 2.05) is 61.2 Å². The molecule has 2 N–H and O–H groups in total. The fourth-order valence-corrected chi connectivity index (χ4v) is 6.18. The molecule has 1 aliphatic carbocycles. The van der Waals surface area contributed by atoms with Crippen molar-refractivity contribution in [3.05, 3.63) is 114 Å². The summed E-state index contributed by atoms with van der Waals surface area (Å²) in [5, 5.41) is 11.1. The highest BCUT2D eigenvalue weighted by Crippen LogP contribution is 2.47. The van der Waals surface area contributed by atoms with E-state index in [2.05, 4.69) is 47.7 Å². The zero-order valence-corrected chi connectivity index (χ0v) is 25.1. The summed E-state index contributed by atoms with van der Waals surface area (Å²) in [6.07, 6.45) is 1.94. The average molecular weight is 650 g/mol. The number of ether oxygens (including phenoxy) is 1. The fourth-order valence-electron chi connectivity index (χ4n) is 5.60. The summed E-state index contributed by atoms with van der Waals surface area (Å²) in [7, 11) is 0. The molecule has 1 atom stereocenters. The van der Waals surface area contributed by atoms with Gasteiger partial charge in [-0.2, -0.15) is 5.26 Å². The first kappa shape index (κ1) is 27.3. The first-order valence-electron chi connectivity index (χ1n) is 12.9.